The van der Waals surface area contributed by atoms with Crippen molar-refractivity contribution in [2.45, 2.75) is 18.9 Å². The maximum absolute atomic E-state index is 10.8. The van der Waals surface area contributed by atoms with Crippen molar-refractivity contribution >= 4 is 23.0 Å². The van der Waals surface area contributed by atoms with Crippen molar-refractivity contribution in [3.05, 3.63) is 63.7 Å². The summed E-state index contributed by atoms with van der Waals surface area (Å²) >= 11 is 6.10. The first-order valence-corrected chi connectivity index (χ1v) is 7.92. The largest absolute Gasteiger partial charge is 0.487 e. The third-order valence-electron chi connectivity index (χ3n) is 3.92. The number of ether oxygens (including phenoxy) is 1. The second kappa shape index (κ2) is 6.87. The summed E-state index contributed by atoms with van der Waals surface area (Å²) in [6, 6.07) is 14.5. The molecule has 1 unspecified atom stereocenters. The van der Waals surface area contributed by atoms with Crippen molar-refractivity contribution in [2.75, 3.05) is 18.0 Å². The summed E-state index contributed by atoms with van der Waals surface area (Å²) in [5.41, 5.74) is 1.15. The van der Waals surface area contributed by atoms with E-state index in [1.165, 1.54) is 17.8 Å². The molecule has 0 bridgehead atoms. The maximum atomic E-state index is 10.8. The van der Waals surface area contributed by atoms with Crippen LogP contribution in [0.25, 0.3) is 0 Å². The molecule has 2 aromatic rings. The van der Waals surface area contributed by atoms with Crippen LogP contribution >= 0.6 is 11.6 Å². The normalized spacial score (nSPS) is 17.8. The average molecular weight is 333 g/mol. The molecule has 120 valence electrons. The lowest BCUT2D eigenvalue weighted by molar-refractivity contribution is -0.384. The molecular weight excluding hydrogens is 316 g/mol. The van der Waals surface area contributed by atoms with E-state index in [4.69, 9.17) is 16.3 Å². The summed E-state index contributed by atoms with van der Waals surface area (Å²) in [5.74, 6) is 0.497. The van der Waals surface area contributed by atoms with Gasteiger partial charge in [0.15, 0.2) is 0 Å². The lowest BCUT2D eigenvalue weighted by atomic mass is 10.1. The number of halogens is 1. The predicted molar refractivity (Wildman–Crippen MR) is 90.4 cm³/mol. The van der Waals surface area contributed by atoms with Gasteiger partial charge in [0.05, 0.1) is 16.5 Å². The summed E-state index contributed by atoms with van der Waals surface area (Å²) in [6.45, 7) is 1.77. The molecule has 0 radical (unpaired) electrons. The topological polar surface area (TPSA) is 55.6 Å². The Morgan fingerprint density at radius 1 is 1.22 bits per heavy atom. The fourth-order valence-electron chi connectivity index (χ4n) is 2.79. The number of hydrogen-bond donors (Lipinski definition) is 0. The molecule has 1 aliphatic heterocycles. The van der Waals surface area contributed by atoms with Crippen molar-refractivity contribution < 1.29 is 9.66 Å². The summed E-state index contributed by atoms with van der Waals surface area (Å²) in [5, 5.41) is 11.0. The summed E-state index contributed by atoms with van der Waals surface area (Å²) in [6.07, 6.45) is 1.99. The van der Waals surface area contributed by atoms with Crippen LogP contribution in [0.4, 0.5) is 11.4 Å². The van der Waals surface area contributed by atoms with Crippen molar-refractivity contribution in [3.8, 4) is 5.75 Å². The van der Waals surface area contributed by atoms with Crippen LogP contribution in [0.5, 0.6) is 5.75 Å². The number of nitrogens with zero attached hydrogens (tertiary/aromatic N) is 2. The van der Waals surface area contributed by atoms with Gasteiger partial charge in [-0.1, -0.05) is 29.8 Å². The second-order valence-corrected chi connectivity index (χ2v) is 5.94. The van der Waals surface area contributed by atoms with Gasteiger partial charge >= 0.3 is 0 Å². The molecule has 5 nitrogen and oxygen atoms in total. The minimum absolute atomic E-state index is 0.0166. The predicted octanol–water partition coefficient (Wildman–Crippen LogP) is 4.30. The summed E-state index contributed by atoms with van der Waals surface area (Å²) in [7, 11) is 0. The molecular formula is C17H17ClN2O3. The zero-order valence-electron chi connectivity index (χ0n) is 12.5. The maximum Gasteiger partial charge on any atom is 0.271 e. The fraction of sp³-hybridized carbons (Fsp3) is 0.294. The number of non-ortho nitro benzene ring substituents is 1. The Hall–Kier alpha value is -2.27. The third-order valence-corrected chi connectivity index (χ3v) is 4.21. The Morgan fingerprint density at radius 3 is 2.70 bits per heavy atom. The van der Waals surface area contributed by atoms with E-state index in [0.29, 0.717) is 5.75 Å². The van der Waals surface area contributed by atoms with Crippen molar-refractivity contribution in [1.29, 1.82) is 0 Å². The van der Waals surface area contributed by atoms with Crippen LogP contribution in [0.15, 0.2) is 48.5 Å². The van der Waals surface area contributed by atoms with Crippen LogP contribution in [0, 0.1) is 10.1 Å². The number of piperidine rings is 1. The van der Waals surface area contributed by atoms with Crippen LogP contribution in [-0.4, -0.2) is 24.1 Å². The molecule has 0 aliphatic carbocycles. The third kappa shape index (κ3) is 3.74. The van der Waals surface area contributed by atoms with E-state index in [0.717, 1.165) is 25.9 Å². The number of nitro groups is 1. The second-order valence-electron chi connectivity index (χ2n) is 5.54. The van der Waals surface area contributed by atoms with Crippen molar-refractivity contribution in [2.24, 2.45) is 0 Å². The number of rotatable bonds is 4. The summed E-state index contributed by atoms with van der Waals surface area (Å²) in [4.78, 5) is 12.6. The highest BCUT2D eigenvalue weighted by Crippen LogP contribution is 2.31. The summed E-state index contributed by atoms with van der Waals surface area (Å²) < 4.78 is 5.98. The van der Waals surface area contributed by atoms with E-state index in [1.54, 1.807) is 6.07 Å². The highest BCUT2D eigenvalue weighted by atomic mass is 35.5. The molecule has 1 fully saturated rings. The average Bonchev–Trinajstić information content (AvgIpc) is 2.57. The molecule has 0 N–H and O–H groups in total. The molecule has 1 atom stereocenters. The van der Waals surface area contributed by atoms with Gasteiger partial charge in [-0.2, -0.15) is 0 Å². The molecule has 6 heteroatoms. The van der Waals surface area contributed by atoms with E-state index in [-0.39, 0.29) is 16.8 Å². The van der Waals surface area contributed by atoms with Gasteiger partial charge in [-0.05, 0) is 31.0 Å². The van der Waals surface area contributed by atoms with Gasteiger partial charge in [0.2, 0.25) is 0 Å². The van der Waals surface area contributed by atoms with Crippen LogP contribution < -0.4 is 9.64 Å². The highest BCUT2D eigenvalue weighted by Gasteiger charge is 2.22. The monoisotopic (exact) mass is 332 g/mol. The Kier molecular flexibility index (Phi) is 4.67. The highest BCUT2D eigenvalue weighted by molar-refractivity contribution is 6.32. The van der Waals surface area contributed by atoms with Crippen molar-refractivity contribution in [1.82, 2.24) is 0 Å². The Balaban J connectivity index is 1.69. The van der Waals surface area contributed by atoms with E-state index in [2.05, 4.69) is 17.0 Å². The smallest absolute Gasteiger partial charge is 0.271 e. The Labute approximate surface area is 139 Å². The van der Waals surface area contributed by atoms with Gasteiger partial charge in [-0.25, -0.2) is 0 Å². The fourth-order valence-corrected chi connectivity index (χ4v) is 3.01. The van der Waals surface area contributed by atoms with Gasteiger partial charge < -0.3 is 9.64 Å². The minimum atomic E-state index is -0.465. The van der Waals surface area contributed by atoms with Gasteiger partial charge in [0, 0.05) is 24.4 Å². The van der Waals surface area contributed by atoms with Crippen LogP contribution in [0.3, 0.4) is 0 Å². The van der Waals surface area contributed by atoms with E-state index >= 15 is 0 Å². The number of anilines is 1. The molecule has 2 aromatic carbocycles. The van der Waals surface area contributed by atoms with Gasteiger partial charge in [0.25, 0.3) is 5.69 Å². The SMILES string of the molecule is O=[N+]([O-])c1ccc(OC2CCCN(c3ccccc3)C2)c(Cl)c1. The van der Waals surface area contributed by atoms with Crippen molar-refractivity contribution in [3.63, 3.8) is 0 Å². The quantitative estimate of drug-likeness (QED) is 0.619. The molecule has 23 heavy (non-hydrogen) atoms. The van der Waals surface area contributed by atoms with Crippen LogP contribution in [-0.2, 0) is 0 Å². The number of benzene rings is 2. The standard InChI is InChI=1S/C17H17ClN2O3/c18-16-11-14(20(21)22)8-9-17(16)23-15-7-4-10-19(12-15)13-5-2-1-3-6-13/h1-3,5-6,8-9,11,15H,4,7,10,12H2. The Bertz CT molecular complexity index is 693. The zero-order valence-corrected chi connectivity index (χ0v) is 13.3. The van der Waals surface area contributed by atoms with Crippen LogP contribution in [0.2, 0.25) is 5.02 Å². The first kappa shape index (κ1) is 15.6. The molecule has 1 heterocycles. The molecule has 1 saturated heterocycles. The molecule has 3 rings (SSSR count). The van der Waals surface area contributed by atoms with E-state index in [9.17, 15) is 10.1 Å². The molecule has 0 amide bonds. The van der Waals surface area contributed by atoms with E-state index in [1.807, 2.05) is 18.2 Å². The zero-order chi connectivity index (χ0) is 16.2. The molecule has 0 spiro atoms. The molecule has 0 saturated carbocycles. The molecule has 1 aliphatic rings. The van der Waals surface area contributed by atoms with E-state index < -0.39 is 4.92 Å². The van der Waals surface area contributed by atoms with Gasteiger partial charge in [-0.15, -0.1) is 0 Å². The van der Waals surface area contributed by atoms with Crippen LogP contribution in [0.1, 0.15) is 12.8 Å². The lowest BCUT2D eigenvalue weighted by Crippen LogP contribution is -2.41. The lowest BCUT2D eigenvalue weighted by Gasteiger charge is -2.34. The minimum Gasteiger partial charge on any atom is -0.487 e. The number of nitro benzene ring substituents is 1. The van der Waals surface area contributed by atoms with Gasteiger partial charge in [0.1, 0.15) is 11.9 Å². The van der Waals surface area contributed by atoms with Gasteiger partial charge in [-0.3, -0.25) is 10.1 Å². The number of para-hydroxylation sites is 1. The first-order valence-electron chi connectivity index (χ1n) is 7.54. The first-order chi connectivity index (χ1) is 11.1. The molecule has 0 aromatic heterocycles. The Morgan fingerprint density at radius 2 is 2.00 bits per heavy atom. The number of hydrogen-bond acceptors (Lipinski definition) is 4.